The van der Waals surface area contributed by atoms with Gasteiger partial charge < -0.3 is 15.8 Å². The highest BCUT2D eigenvalue weighted by molar-refractivity contribution is 5.78. The molecule has 1 rings (SSSR count). The van der Waals surface area contributed by atoms with Crippen LogP contribution >= 0.6 is 0 Å². The number of nitrogens with two attached hydrogens (primary N) is 1. The lowest BCUT2D eigenvalue weighted by molar-refractivity contribution is -0.124. The van der Waals surface area contributed by atoms with Crippen LogP contribution in [0.25, 0.3) is 0 Å². The number of hydrogen-bond donors (Lipinski definition) is 2. The lowest BCUT2D eigenvalue weighted by Crippen LogP contribution is -2.31. The number of carbonyl (C=O) groups is 1. The van der Waals surface area contributed by atoms with E-state index >= 15 is 0 Å². The summed E-state index contributed by atoms with van der Waals surface area (Å²) in [4.78, 5) is 11.0. The smallest absolute Gasteiger partial charge is 0.258 e. The van der Waals surface area contributed by atoms with Crippen LogP contribution in [0.5, 0.6) is 5.75 Å². The van der Waals surface area contributed by atoms with Gasteiger partial charge in [-0.1, -0.05) is 25.1 Å². The van der Waals surface area contributed by atoms with E-state index in [1.807, 2.05) is 31.3 Å². The Morgan fingerprint density at radius 1 is 1.47 bits per heavy atom. The summed E-state index contributed by atoms with van der Waals surface area (Å²) in [6, 6.07) is 7.90. The molecule has 0 saturated carbocycles. The van der Waals surface area contributed by atoms with Crippen LogP contribution in [-0.2, 0) is 4.79 Å². The maximum absolute atomic E-state index is 11.0. The minimum Gasteiger partial charge on any atom is -0.481 e. The van der Waals surface area contributed by atoms with Crippen LogP contribution < -0.4 is 15.8 Å². The van der Waals surface area contributed by atoms with Gasteiger partial charge in [0.15, 0.2) is 6.10 Å². The van der Waals surface area contributed by atoms with Gasteiger partial charge in [0.05, 0.1) is 0 Å². The van der Waals surface area contributed by atoms with Crippen LogP contribution in [-0.4, -0.2) is 19.1 Å². The molecule has 0 saturated heterocycles. The maximum Gasteiger partial charge on any atom is 0.258 e. The van der Waals surface area contributed by atoms with E-state index in [4.69, 9.17) is 10.5 Å². The second kappa shape index (κ2) is 6.25. The van der Waals surface area contributed by atoms with Gasteiger partial charge in [0.2, 0.25) is 0 Å². The highest BCUT2D eigenvalue weighted by Gasteiger charge is 2.16. The molecule has 1 amide bonds. The zero-order valence-corrected chi connectivity index (χ0v) is 10.6. The molecule has 0 aromatic heterocycles. The van der Waals surface area contributed by atoms with Crippen molar-refractivity contribution in [3.8, 4) is 5.75 Å². The summed E-state index contributed by atoms with van der Waals surface area (Å²) in [5.74, 6) is 0.248. The van der Waals surface area contributed by atoms with Gasteiger partial charge in [-0.05, 0) is 26.5 Å². The molecule has 17 heavy (non-hydrogen) atoms. The van der Waals surface area contributed by atoms with Crippen molar-refractivity contribution in [1.29, 1.82) is 0 Å². The quantitative estimate of drug-likeness (QED) is 0.788. The Morgan fingerprint density at radius 3 is 2.65 bits per heavy atom. The number of benzene rings is 1. The van der Waals surface area contributed by atoms with Crippen LogP contribution in [0, 0.1) is 0 Å². The number of carbonyl (C=O) groups excluding carboxylic acids is 1. The van der Waals surface area contributed by atoms with Crippen molar-refractivity contribution in [1.82, 2.24) is 5.32 Å². The minimum atomic E-state index is -0.620. The van der Waals surface area contributed by atoms with E-state index < -0.39 is 12.0 Å². The van der Waals surface area contributed by atoms with E-state index in [9.17, 15) is 4.79 Å². The van der Waals surface area contributed by atoms with Gasteiger partial charge in [-0.25, -0.2) is 0 Å². The third-order valence-corrected chi connectivity index (χ3v) is 2.76. The van der Waals surface area contributed by atoms with Crippen LogP contribution in [0.1, 0.15) is 31.9 Å². The fourth-order valence-electron chi connectivity index (χ4n) is 1.70. The average Bonchev–Trinajstić information content (AvgIpc) is 2.32. The Labute approximate surface area is 102 Å². The Morgan fingerprint density at radius 2 is 2.12 bits per heavy atom. The average molecular weight is 236 g/mol. The molecule has 2 unspecified atom stereocenters. The third-order valence-electron chi connectivity index (χ3n) is 2.76. The molecule has 0 bridgehead atoms. The summed E-state index contributed by atoms with van der Waals surface area (Å²) in [7, 11) is 1.91. The van der Waals surface area contributed by atoms with Gasteiger partial charge in [-0.15, -0.1) is 0 Å². The number of rotatable bonds is 6. The van der Waals surface area contributed by atoms with Gasteiger partial charge in [-0.2, -0.15) is 0 Å². The molecule has 0 radical (unpaired) electrons. The monoisotopic (exact) mass is 236 g/mol. The molecule has 0 heterocycles. The van der Waals surface area contributed by atoms with Crippen LogP contribution in [0.4, 0.5) is 0 Å². The molecule has 0 aliphatic rings. The predicted octanol–water partition coefficient (Wildman–Crippen LogP) is 1.61. The molecule has 0 aliphatic heterocycles. The SMILES string of the molecule is CCC(NC)c1ccccc1OC(C)C(N)=O. The second-order valence-electron chi connectivity index (χ2n) is 3.95. The first kappa shape index (κ1) is 13.5. The second-order valence-corrected chi connectivity index (χ2v) is 3.95. The molecule has 1 aromatic carbocycles. The summed E-state index contributed by atoms with van der Waals surface area (Å²) in [5.41, 5.74) is 6.24. The first-order chi connectivity index (χ1) is 8.10. The summed E-state index contributed by atoms with van der Waals surface area (Å²) >= 11 is 0. The first-order valence-electron chi connectivity index (χ1n) is 5.82. The molecule has 0 aliphatic carbocycles. The number of hydrogen-bond acceptors (Lipinski definition) is 3. The summed E-state index contributed by atoms with van der Waals surface area (Å²) in [6.07, 6.45) is 0.326. The van der Waals surface area contributed by atoms with E-state index in [0.29, 0.717) is 5.75 Å². The van der Waals surface area contributed by atoms with Crippen LogP contribution in [0.2, 0.25) is 0 Å². The van der Waals surface area contributed by atoms with Gasteiger partial charge >= 0.3 is 0 Å². The van der Waals surface area contributed by atoms with Crippen molar-refractivity contribution in [2.75, 3.05) is 7.05 Å². The summed E-state index contributed by atoms with van der Waals surface area (Å²) < 4.78 is 5.58. The van der Waals surface area contributed by atoms with Crippen molar-refractivity contribution in [2.45, 2.75) is 32.4 Å². The molecule has 4 nitrogen and oxygen atoms in total. The summed E-state index contributed by atoms with van der Waals surface area (Å²) in [5, 5.41) is 3.21. The van der Waals surface area contributed by atoms with E-state index in [1.165, 1.54) is 0 Å². The van der Waals surface area contributed by atoms with Crippen molar-refractivity contribution >= 4 is 5.91 Å². The maximum atomic E-state index is 11.0. The Bertz CT molecular complexity index is 375. The lowest BCUT2D eigenvalue weighted by Gasteiger charge is -2.20. The number of nitrogens with one attached hydrogen (secondary N) is 1. The number of amides is 1. The number of para-hydroxylation sites is 1. The predicted molar refractivity (Wildman–Crippen MR) is 67.8 cm³/mol. The molecule has 2 atom stereocenters. The van der Waals surface area contributed by atoms with E-state index in [2.05, 4.69) is 12.2 Å². The van der Waals surface area contributed by atoms with E-state index in [-0.39, 0.29) is 6.04 Å². The normalized spacial score (nSPS) is 14.1. The number of ether oxygens (including phenoxy) is 1. The van der Waals surface area contributed by atoms with Crippen molar-refractivity contribution in [3.05, 3.63) is 29.8 Å². The summed E-state index contributed by atoms with van der Waals surface area (Å²) in [6.45, 7) is 3.74. The van der Waals surface area contributed by atoms with Gasteiger partial charge in [-0.3, -0.25) is 4.79 Å². The molecular weight excluding hydrogens is 216 g/mol. The van der Waals surface area contributed by atoms with E-state index in [0.717, 1.165) is 12.0 Å². The topological polar surface area (TPSA) is 64.3 Å². The van der Waals surface area contributed by atoms with Gasteiger partial charge in [0.25, 0.3) is 5.91 Å². The fourth-order valence-corrected chi connectivity index (χ4v) is 1.70. The number of primary amides is 1. The fraction of sp³-hybridized carbons (Fsp3) is 0.462. The van der Waals surface area contributed by atoms with Crippen molar-refractivity contribution in [2.24, 2.45) is 5.73 Å². The highest BCUT2D eigenvalue weighted by Crippen LogP contribution is 2.27. The van der Waals surface area contributed by atoms with E-state index in [1.54, 1.807) is 6.92 Å². The zero-order valence-electron chi connectivity index (χ0n) is 10.6. The molecule has 1 aromatic rings. The van der Waals surface area contributed by atoms with Crippen LogP contribution in [0.3, 0.4) is 0 Å². The Balaban J connectivity index is 2.95. The first-order valence-corrected chi connectivity index (χ1v) is 5.82. The largest absolute Gasteiger partial charge is 0.481 e. The lowest BCUT2D eigenvalue weighted by atomic mass is 10.0. The minimum absolute atomic E-state index is 0.214. The molecule has 3 N–H and O–H groups in total. The van der Waals surface area contributed by atoms with Crippen molar-refractivity contribution in [3.63, 3.8) is 0 Å². The standard InChI is InChI=1S/C13H20N2O2/c1-4-11(15-3)10-7-5-6-8-12(10)17-9(2)13(14)16/h5-9,11,15H,4H2,1-3H3,(H2,14,16). The molecule has 0 fully saturated rings. The molecular formula is C13H20N2O2. The Kier molecular flexibility index (Phi) is 4.97. The molecule has 0 spiro atoms. The van der Waals surface area contributed by atoms with Crippen LogP contribution in [0.15, 0.2) is 24.3 Å². The van der Waals surface area contributed by atoms with Gasteiger partial charge in [0, 0.05) is 11.6 Å². The Hall–Kier alpha value is -1.55. The third kappa shape index (κ3) is 3.46. The molecule has 94 valence electrons. The highest BCUT2D eigenvalue weighted by atomic mass is 16.5. The van der Waals surface area contributed by atoms with Crippen molar-refractivity contribution < 1.29 is 9.53 Å². The van der Waals surface area contributed by atoms with Gasteiger partial charge in [0.1, 0.15) is 5.75 Å². The zero-order chi connectivity index (χ0) is 12.8. The molecule has 4 heteroatoms.